The fraction of sp³-hybridized carbons (Fsp3) is 0.125. The van der Waals surface area contributed by atoms with Crippen LogP contribution in [0.25, 0.3) is 0 Å². The first kappa shape index (κ1) is 18.8. The van der Waals surface area contributed by atoms with Gasteiger partial charge in [-0.25, -0.2) is 0 Å². The van der Waals surface area contributed by atoms with E-state index in [0.29, 0.717) is 17.1 Å². The zero-order valence-corrected chi connectivity index (χ0v) is 17.9. The van der Waals surface area contributed by atoms with Crippen LogP contribution in [0.5, 0.6) is 11.5 Å². The van der Waals surface area contributed by atoms with Crippen molar-refractivity contribution in [3.8, 4) is 11.5 Å². The molecule has 2 rings (SSSR count). The normalized spacial score (nSPS) is 11.3. The Morgan fingerprint density at radius 3 is 2.26 bits per heavy atom. The number of ketones is 1. The van der Waals surface area contributed by atoms with Gasteiger partial charge in [0, 0.05) is 5.56 Å². The van der Waals surface area contributed by atoms with E-state index in [1.807, 2.05) is 0 Å². The molecule has 0 aliphatic carbocycles. The Bertz CT molecular complexity index is 712. The smallest absolute Gasteiger partial charge is 0.187 e. The van der Waals surface area contributed by atoms with E-state index in [4.69, 9.17) is 4.74 Å². The van der Waals surface area contributed by atoms with Crippen molar-refractivity contribution >= 4 is 75.8 Å². The lowest BCUT2D eigenvalue weighted by molar-refractivity contribution is -0.107. The maximum Gasteiger partial charge on any atom is 0.187 e. The van der Waals surface area contributed by atoms with Crippen LogP contribution in [-0.4, -0.2) is 15.8 Å². The SMILES string of the molecule is O=CC(Br)(Br)c1cccc(Oc2ccc(C(=O)C(Br)Br)cc2)c1. The van der Waals surface area contributed by atoms with Crippen LogP contribution < -0.4 is 4.74 Å². The maximum absolute atomic E-state index is 11.8. The molecule has 0 saturated heterocycles. The average Bonchev–Trinajstić information content (AvgIpc) is 2.55. The standard InChI is InChI=1S/C16H10Br4O3/c17-15(18)14(22)10-4-6-12(7-5-10)23-13-3-1-2-11(8-13)16(19,20)9-21/h1-9,15H. The molecule has 23 heavy (non-hydrogen) atoms. The lowest BCUT2D eigenvalue weighted by Gasteiger charge is -2.14. The predicted molar refractivity (Wildman–Crippen MR) is 105 cm³/mol. The molecule has 0 bridgehead atoms. The zero-order chi connectivity index (χ0) is 17.0. The Morgan fingerprint density at radius 1 is 1.04 bits per heavy atom. The highest BCUT2D eigenvalue weighted by Gasteiger charge is 2.24. The predicted octanol–water partition coefficient (Wildman–Crippen LogP) is 5.92. The number of hydrogen-bond donors (Lipinski definition) is 0. The van der Waals surface area contributed by atoms with E-state index in [1.54, 1.807) is 48.5 Å². The fourth-order valence-electron chi connectivity index (χ4n) is 1.78. The van der Waals surface area contributed by atoms with E-state index in [-0.39, 0.29) is 5.78 Å². The second-order valence-corrected chi connectivity index (χ2v) is 11.2. The van der Waals surface area contributed by atoms with Crippen molar-refractivity contribution in [1.82, 2.24) is 0 Å². The van der Waals surface area contributed by atoms with E-state index in [1.165, 1.54) is 0 Å². The van der Waals surface area contributed by atoms with Gasteiger partial charge >= 0.3 is 0 Å². The van der Waals surface area contributed by atoms with Crippen LogP contribution in [-0.2, 0) is 8.03 Å². The lowest BCUT2D eigenvalue weighted by Crippen LogP contribution is -2.09. The number of Topliss-reactive ketones (excluding diaryl/α,β-unsaturated/α-hetero) is 1. The number of ether oxygens (including phenoxy) is 1. The summed E-state index contributed by atoms with van der Waals surface area (Å²) >= 11 is 12.9. The summed E-state index contributed by atoms with van der Waals surface area (Å²) in [5, 5.41) is 0. The van der Waals surface area contributed by atoms with E-state index in [0.717, 1.165) is 11.8 Å². The summed E-state index contributed by atoms with van der Waals surface area (Å²) in [5.41, 5.74) is 1.30. The molecule has 7 heteroatoms. The Labute approximate surface area is 167 Å². The van der Waals surface area contributed by atoms with Gasteiger partial charge in [-0.05, 0) is 42.0 Å². The van der Waals surface area contributed by atoms with Gasteiger partial charge < -0.3 is 9.53 Å². The first-order valence-electron chi connectivity index (χ1n) is 6.38. The first-order chi connectivity index (χ1) is 10.8. The largest absolute Gasteiger partial charge is 0.457 e. The first-order valence-corrected chi connectivity index (χ1v) is 9.80. The highest BCUT2D eigenvalue weighted by Crippen LogP contribution is 2.37. The van der Waals surface area contributed by atoms with E-state index >= 15 is 0 Å². The molecule has 0 saturated carbocycles. The van der Waals surface area contributed by atoms with Crippen molar-refractivity contribution in [2.45, 2.75) is 6.97 Å². The summed E-state index contributed by atoms with van der Waals surface area (Å²) in [4.78, 5) is 22.9. The monoisotopic (exact) mass is 566 g/mol. The molecule has 0 amide bonds. The molecule has 0 aliphatic heterocycles. The third-order valence-electron chi connectivity index (χ3n) is 2.94. The van der Waals surface area contributed by atoms with Gasteiger partial charge in [-0.2, -0.15) is 0 Å². The van der Waals surface area contributed by atoms with Crippen LogP contribution in [0.1, 0.15) is 15.9 Å². The highest BCUT2D eigenvalue weighted by molar-refractivity contribution is 9.25. The van der Waals surface area contributed by atoms with E-state index in [9.17, 15) is 9.59 Å². The van der Waals surface area contributed by atoms with Gasteiger partial charge in [0.15, 0.2) is 15.3 Å². The Hall–Kier alpha value is -0.500. The summed E-state index contributed by atoms with van der Waals surface area (Å²) in [6.07, 6.45) is 0.753. The van der Waals surface area contributed by atoms with Crippen molar-refractivity contribution < 1.29 is 14.3 Å². The highest BCUT2D eigenvalue weighted by atomic mass is 79.9. The second-order valence-electron chi connectivity index (χ2n) is 4.56. The van der Waals surface area contributed by atoms with Crippen molar-refractivity contribution in [2.75, 3.05) is 0 Å². The van der Waals surface area contributed by atoms with Gasteiger partial charge in [0.05, 0.1) is 0 Å². The van der Waals surface area contributed by atoms with E-state index < -0.39 is 6.97 Å². The minimum atomic E-state index is -0.934. The lowest BCUT2D eigenvalue weighted by atomic mass is 10.1. The molecule has 0 unspecified atom stereocenters. The van der Waals surface area contributed by atoms with Crippen LogP contribution in [0.4, 0.5) is 0 Å². The van der Waals surface area contributed by atoms with Gasteiger partial charge in [-0.15, -0.1) is 0 Å². The van der Waals surface area contributed by atoms with Crippen LogP contribution in [0.15, 0.2) is 48.5 Å². The van der Waals surface area contributed by atoms with E-state index in [2.05, 4.69) is 63.7 Å². The van der Waals surface area contributed by atoms with Crippen LogP contribution in [0.2, 0.25) is 0 Å². The summed E-state index contributed by atoms with van der Waals surface area (Å²) in [6.45, 7) is 0. The van der Waals surface area contributed by atoms with Gasteiger partial charge in [0.25, 0.3) is 0 Å². The maximum atomic E-state index is 11.8. The summed E-state index contributed by atoms with van der Waals surface area (Å²) in [7, 11) is 0. The number of hydrogen-bond acceptors (Lipinski definition) is 3. The molecule has 2 aromatic rings. The molecular formula is C16H10Br4O3. The molecule has 0 N–H and O–H groups in total. The summed E-state index contributed by atoms with van der Waals surface area (Å²) in [6, 6.07) is 14.0. The fourth-order valence-corrected chi connectivity index (χ4v) is 2.81. The topological polar surface area (TPSA) is 43.4 Å². The van der Waals surface area contributed by atoms with Gasteiger partial charge in [0.2, 0.25) is 0 Å². The number of alkyl halides is 4. The van der Waals surface area contributed by atoms with Crippen molar-refractivity contribution in [3.05, 3.63) is 59.7 Å². The van der Waals surface area contributed by atoms with Crippen molar-refractivity contribution in [1.29, 1.82) is 0 Å². The summed E-state index contributed by atoms with van der Waals surface area (Å²) < 4.78 is 4.42. The molecule has 0 aliphatic rings. The number of rotatable bonds is 6. The van der Waals surface area contributed by atoms with Crippen LogP contribution in [0, 0.1) is 0 Å². The molecule has 0 atom stereocenters. The van der Waals surface area contributed by atoms with Gasteiger partial charge in [0.1, 0.15) is 15.2 Å². The third-order valence-corrected chi connectivity index (χ3v) is 5.06. The summed E-state index contributed by atoms with van der Waals surface area (Å²) in [5.74, 6) is 1.12. The minimum Gasteiger partial charge on any atom is -0.457 e. The quantitative estimate of drug-likeness (QED) is 0.247. The average molecular weight is 570 g/mol. The Kier molecular flexibility index (Phi) is 6.59. The molecule has 2 aromatic carbocycles. The molecule has 3 nitrogen and oxygen atoms in total. The second kappa shape index (κ2) is 8.05. The Balaban J connectivity index is 2.18. The molecule has 120 valence electrons. The molecule has 0 heterocycles. The van der Waals surface area contributed by atoms with Gasteiger partial charge in [-0.1, -0.05) is 75.9 Å². The van der Waals surface area contributed by atoms with Crippen molar-refractivity contribution in [3.63, 3.8) is 0 Å². The number of benzene rings is 2. The number of carbonyl (C=O) groups excluding carboxylic acids is 2. The molecule has 0 spiro atoms. The molecule has 0 fully saturated rings. The number of carbonyl (C=O) groups is 2. The van der Waals surface area contributed by atoms with Gasteiger partial charge in [-0.3, -0.25) is 4.79 Å². The van der Waals surface area contributed by atoms with Crippen LogP contribution in [0.3, 0.4) is 0 Å². The third kappa shape index (κ3) is 4.98. The molecule has 0 radical (unpaired) electrons. The minimum absolute atomic E-state index is 0.0621. The number of halogens is 4. The van der Waals surface area contributed by atoms with Crippen molar-refractivity contribution in [2.24, 2.45) is 0 Å². The number of aldehydes is 1. The van der Waals surface area contributed by atoms with Crippen LogP contribution >= 0.6 is 63.7 Å². The molecule has 0 aromatic heterocycles. The zero-order valence-electron chi connectivity index (χ0n) is 11.5. The Morgan fingerprint density at radius 2 is 1.70 bits per heavy atom. The molecular weight excluding hydrogens is 560 g/mol.